The molecule has 0 bridgehead atoms. The lowest BCUT2D eigenvalue weighted by molar-refractivity contribution is -0.146. The normalized spacial score (nSPS) is 12.7. The number of aliphatic carboxylic acids is 1. The van der Waals surface area contributed by atoms with Crippen molar-refractivity contribution < 1.29 is 27.8 Å². The first-order chi connectivity index (χ1) is 8.79. The van der Waals surface area contributed by atoms with E-state index in [-0.39, 0.29) is 0 Å². The highest BCUT2D eigenvalue weighted by atomic mass is 32.2. The van der Waals surface area contributed by atoms with E-state index < -0.39 is 44.9 Å². The summed E-state index contributed by atoms with van der Waals surface area (Å²) in [6.45, 7) is -0.793. The molecule has 102 valence electrons. The standard InChI is InChI=1S/C10H9FN2O5S/c11-7-2-1-3-9(6(7)4-12)19(17,18)13-5-8(14)10(15)16/h1-3,8,13-14H,5H2,(H,15,16)/t8-/m0/s1. The van der Waals surface area contributed by atoms with Crippen molar-refractivity contribution >= 4 is 16.0 Å². The molecule has 0 fully saturated rings. The van der Waals surface area contributed by atoms with Gasteiger partial charge >= 0.3 is 5.97 Å². The fraction of sp³-hybridized carbons (Fsp3) is 0.200. The average molecular weight is 288 g/mol. The van der Waals surface area contributed by atoms with Gasteiger partial charge in [-0.25, -0.2) is 22.3 Å². The summed E-state index contributed by atoms with van der Waals surface area (Å²) in [6, 6.07) is 4.42. The van der Waals surface area contributed by atoms with Crippen molar-refractivity contribution in [2.75, 3.05) is 6.54 Å². The number of nitrogens with one attached hydrogen (secondary N) is 1. The van der Waals surface area contributed by atoms with Gasteiger partial charge in [-0.05, 0) is 12.1 Å². The number of carboxylic acid groups (broad SMARTS) is 1. The lowest BCUT2D eigenvalue weighted by Gasteiger charge is -2.10. The van der Waals surface area contributed by atoms with Gasteiger partial charge in [0.15, 0.2) is 6.10 Å². The summed E-state index contributed by atoms with van der Waals surface area (Å²) >= 11 is 0. The van der Waals surface area contributed by atoms with E-state index in [1.165, 1.54) is 6.07 Å². The van der Waals surface area contributed by atoms with Crippen molar-refractivity contribution in [3.63, 3.8) is 0 Å². The molecule has 0 saturated heterocycles. The molecule has 0 aliphatic carbocycles. The number of sulfonamides is 1. The Morgan fingerprint density at radius 2 is 2.16 bits per heavy atom. The summed E-state index contributed by atoms with van der Waals surface area (Å²) in [5.74, 6) is -2.62. The molecule has 1 rings (SSSR count). The van der Waals surface area contributed by atoms with Crippen LogP contribution in [0.1, 0.15) is 5.56 Å². The van der Waals surface area contributed by atoms with Crippen LogP contribution >= 0.6 is 0 Å². The van der Waals surface area contributed by atoms with Crippen molar-refractivity contribution in [2.45, 2.75) is 11.0 Å². The van der Waals surface area contributed by atoms with E-state index in [0.29, 0.717) is 0 Å². The molecule has 0 aliphatic rings. The maximum atomic E-state index is 13.2. The second-order valence-electron chi connectivity index (χ2n) is 3.43. The van der Waals surface area contributed by atoms with Crippen molar-refractivity contribution in [2.24, 2.45) is 0 Å². The molecule has 0 amide bonds. The molecule has 7 nitrogen and oxygen atoms in total. The van der Waals surface area contributed by atoms with Crippen LogP contribution in [-0.2, 0) is 14.8 Å². The van der Waals surface area contributed by atoms with Crippen LogP contribution in [0, 0.1) is 17.1 Å². The number of nitrogens with zero attached hydrogens (tertiary/aromatic N) is 1. The largest absolute Gasteiger partial charge is 0.479 e. The number of rotatable bonds is 5. The summed E-state index contributed by atoms with van der Waals surface area (Å²) in [7, 11) is -4.29. The SMILES string of the molecule is N#Cc1c(F)cccc1S(=O)(=O)NC[C@H](O)C(=O)O. The Labute approximate surface area is 108 Å². The van der Waals surface area contributed by atoms with Gasteiger partial charge in [-0.2, -0.15) is 5.26 Å². The molecule has 0 aromatic heterocycles. The number of benzene rings is 1. The van der Waals surface area contributed by atoms with Crippen molar-refractivity contribution in [3.05, 3.63) is 29.6 Å². The number of aliphatic hydroxyl groups excluding tert-OH is 1. The molecular weight excluding hydrogens is 279 g/mol. The number of nitriles is 1. The van der Waals surface area contributed by atoms with Gasteiger partial charge in [-0.15, -0.1) is 0 Å². The zero-order chi connectivity index (χ0) is 14.6. The molecule has 0 unspecified atom stereocenters. The molecule has 1 aromatic carbocycles. The zero-order valence-electron chi connectivity index (χ0n) is 9.37. The lowest BCUT2D eigenvalue weighted by Crippen LogP contribution is -2.36. The van der Waals surface area contributed by atoms with Crippen LogP contribution in [0.2, 0.25) is 0 Å². The Bertz CT molecular complexity index is 638. The summed E-state index contributed by atoms with van der Waals surface area (Å²) < 4.78 is 38.5. The highest BCUT2D eigenvalue weighted by molar-refractivity contribution is 7.89. The molecule has 0 spiro atoms. The van der Waals surface area contributed by atoms with Crippen LogP contribution < -0.4 is 4.72 Å². The third-order valence-electron chi connectivity index (χ3n) is 2.13. The predicted molar refractivity (Wildman–Crippen MR) is 59.9 cm³/mol. The molecule has 0 radical (unpaired) electrons. The van der Waals surface area contributed by atoms with Gasteiger partial charge in [0.2, 0.25) is 10.0 Å². The quantitative estimate of drug-likeness (QED) is 0.665. The fourth-order valence-corrected chi connectivity index (χ4v) is 2.39. The van der Waals surface area contributed by atoms with Gasteiger partial charge < -0.3 is 10.2 Å². The Hall–Kier alpha value is -2.02. The van der Waals surface area contributed by atoms with E-state index in [9.17, 15) is 17.6 Å². The Morgan fingerprint density at radius 1 is 1.53 bits per heavy atom. The van der Waals surface area contributed by atoms with Gasteiger partial charge in [0.1, 0.15) is 22.3 Å². The monoisotopic (exact) mass is 288 g/mol. The zero-order valence-corrected chi connectivity index (χ0v) is 10.2. The van der Waals surface area contributed by atoms with Crippen LogP contribution in [-0.4, -0.2) is 37.2 Å². The number of carboxylic acids is 1. The summed E-state index contributed by atoms with van der Waals surface area (Å²) in [4.78, 5) is 9.71. The topological polar surface area (TPSA) is 127 Å². The van der Waals surface area contributed by atoms with E-state index >= 15 is 0 Å². The van der Waals surface area contributed by atoms with E-state index in [2.05, 4.69) is 0 Å². The third-order valence-corrected chi connectivity index (χ3v) is 3.59. The van der Waals surface area contributed by atoms with E-state index in [4.69, 9.17) is 15.5 Å². The van der Waals surface area contributed by atoms with E-state index in [1.54, 1.807) is 4.72 Å². The van der Waals surface area contributed by atoms with Crippen LogP contribution in [0.25, 0.3) is 0 Å². The molecule has 1 atom stereocenters. The Morgan fingerprint density at radius 3 is 2.68 bits per heavy atom. The number of hydrogen-bond acceptors (Lipinski definition) is 5. The van der Waals surface area contributed by atoms with Crippen LogP contribution in [0.5, 0.6) is 0 Å². The number of hydrogen-bond donors (Lipinski definition) is 3. The maximum Gasteiger partial charge on any atom is 0.333 e. The number of aliphatic hydroxyl groups is 1. The highest BCUT2D eigenvalue weighted by Gasteiger charge is 2.23. The Kier molecular flexibility index (Phi) is 4.55. The van der Waals surface area contributed by atoms with Gasteiger partial charge in [-0.1, -0.05) is 6.07 Å². The van der Waals surface area contributed by atoms with Crippen LogP contribution in [0.4, 0.5) is 4.39 Å². The molecule has 9 heteroatoms. The highest BCUT2D eigenvalue weighted by Crippen LogP contribution is 2.17. The average Bonchev–Trinajstić information content (AvgIpc) is 2.35. The van der Waals surface area contributed by atoms with Crippen molar-refractivity contribution in [3.8, 4) is 6.07 Å². The molecule has 0 aliphatic heterocycles. The number of halogens is 1. The second-order valence-corrected chi connectivity index (χ2v) is 5.17. The maximum absolute atomic E-state index is 13.2. The van der Waals surface area contributed by atoms with Crippen molar-refractivity contribution in [1.82, 2.24) is 4.72 Å². The van der Waals surface area contributed by atoms with Crippen LogP contribution in [0.15, 0.2) is 23.1 Å². The molecular formula is C10H9FN2O5S. The first kappa shape index (κ1) is 15.0. The van der Waals surface area contributed by atoms with Crippen LogP contribution in [0.3, 0.4) is 0 Å². The smallest absolute Gasteiger partial charge is 0.333 e. The van der Waals surface area contributed by atoms with Gasteiger partial charge in [0, 0.05) is 6.54 Å². The molecule has 1 aromatic rings. The van der Waals surface area contributed by atoms with Crippen molar-refractivity contribution in [1.29, 1.82) is 5.26 Å². The molecule has 3 N–H and O–H groups in total. The third kappa shape index (κ3) is 3.47. The van der Waals surface area contributed by atoms with Gasteiger partial charge in [0.05, 0.1) is 0 Å². The minimum absolute atomic E-state index is 0.618. The minimum atomic E-state index is -4.29. The first-order valence-corrected chi connectivity index (χ1v) is 6.37. The lowest BCUT2D eigenvalue weighted by atomic mass is 10.2. The summed E-state index contributed by atoms with van der Waals surface area (Å²) in [5, 5.41) is 26.1. The summed E-state index contributed by atoms with van der Waals surface area (Å²) in [5.41, 5.74) is -0.681. The van der Waals surface area contributed by atoms with E-state index in [0.717, 1.165) is 18.2 Å². The van der Waals surface area contributed by atoms with E-state index in [1.807, 2.05) is 0 Å². The number of carbonyl (C=O) groups is 1. The van der Waals surface area contributed by atoms with Gasteiger partial charge in [0.25, 0.3) is 0 Å². The molecule has 0 heterocycles. The van der Waals surface area contributed by atoms with Gasteiger partial charge in [-0.3, -0.25) is 0 Å². The summed E-state index contributed by atoms with van der Waals surface area (Å²) in [6.07, 6.45) is -1.94. The Balaban J connectivity index is 3.06. The first-order valence-electron chi connectivity index (χ1n) is 4.88. The molecule has 0 saturated carbocycles. The molecule has 19 heavy (non-hydrogen) atoms. The minimum Gasteiger partial charge on any atom is -0.479 e. The predicted octanol–water partition coefficient (Wildman–Crippen LogP) is -0.579. The second kappa shape index (κ2) is 5.75. The fourth-order valence-electron chi connectivity index (χ4n) is 1.19.